The molecular formula is C11H18IN3O7S. The lowest BCUT2D eigenvalue weighted by molar-refractivity contribution is -0.192. The zero-order valence-electron chi connectivity index (χ0n) is 12.2. The molecule has 2 amide bonds. The molecule has 1 heterocycles. The Morgan fingerprint density at radius 3 is 2.61 bits per heavy atom. The Morgan fingerprint density at radius 1 is 1.39 bits per heavy atom. The quantitative estimate of drug-likeness (QED) is 0.258. The standard InChI is InChI=1S/C11H18IN3O7S/c12-8-9(16)13-4-7-14(23(19,20)21)6-3-11(18)22-15-5-1-2-10(15)17/h1-8H2,(H,13,16)(H,19,20,21). The molecule has 0 aromatic carbocycles. The van der Waals surface area contributed by atoms with E-state index < -0.39 is 16.3 Å². The Kier molecular flexibility index (Phi) is 8.15. The molecule has 132 valence electrons. The summed E-state index contributed by atoms with van der Waals surface area (Å²) in [5.41, 5.74) is 0. The van der Waals surface area contributed by atoms with Crippen molar-refractivity contribution < 1.29 is 32.2 Å². The maximum Gasteiger partial charge on any atom is 0.335 e. The summed E-state index contributed by atoms with van der Waals surface area (Å²) in [6.07, 6.45) is 0.574. The number of amides is 2. The van der Waals surface area contributed by atoms with Crippen molar-refractivity contribution in [3.63, 3.8) is 0 Å². The summed E-state index contributed by atoms with van der Waals surface area (Å²) in [5, 5.41) is 3.40. The predicted molar refractivity (Wildman–Crippen MR) is 86.7 cm³/mol. The second-order valence-electron chi connectivity index (χ2n) is 4.67. The van der Waals surface area contributed by atoms with Crippen molar-refractivity contribution in [3.8, 4) is 0 Å². The molecule has 0 aromatic heterocycles. The fourth-order valence-corrected chi connectivity index (χ4v) is 2.73. The third-order valence-corrected chi connectivity index (χ3v) is 4.65. The van der Waals surface area contributed by atoms with Crippen molar-refractivity contribution in [2.75, 3.05) is 30.6 Å². The van der Waals surface area contributed by atoms with Gasteiger partial charge < -0.3 is 10.2 Å². The Balaban J connectivity index is 2.43. The lowest BCUT2D eigenvalue weighted by atomic mass is 10.4. The smallest absolute Gasteiger partial charge is 0.335 e. The van der Waals surface area contributed by atoms with Gasteiger partial charge in [-0.15, -0.1) is 0 Å². The third kappa shape index (κ3) is 7.41. The van der Waals surface area contributed by atoms with Gasteiger partial charge in [0.25, 0.3) is 5.91 Å². The van der Waals surface area contributed by atoms with Crippen LogP contribution in [0.5, 0.6) is 0 Å². The first-order valence-corrected chi connectivity index (χ1v) is 9.72. The zero-order chi connectivity index (χ0) is 17.5. The van der Waals surface area contributed by atoms with Gasteiger partial charge in [-0.3, -0.25) is 14.1 Å². The van der Waals surface area contributed by atoms with Crippen LogP contribution in [0.4, 0.5) is 0 Å². The monoisotopic (exact) mass is 463 g/mol. The van der Waals surface area contributed by atoms with Crippen molar-refractivity contribution in [3.05, 3.63) is 0 Å². The van der Waals surface area contributed by atoms with E-state index >= 15 is 0 Å². The van der Waals surface area contributed by atoms with Gasteiger partial charge in [0.15, 0.2) is 0 Å². The van der Waals surface area contributed by atoms with Crippen LogP contribution in [0.3, 0.4) is 0 Å². The first-order valence-electron chi connectivity index (χ1n) is 6.80. The summed E-state index contributed by atoms with van der Waals surface area (Å²) in [7, 11) is -4.51. The molecule has 0 atom stereocenters. The molecule has 0 aromatic rings. The maximum absolute atomic E-state index is 11.6. The summed E-state index contributed by atoms with van der Waals surface area (Å²) < 4.78 is 32.4. The van der Waals surface area contributed by atoms with Gasteiger partial charge in [-0.1, -0.05) is 22.6 Å². The zero-order valence-corrected chi connectivity index (χ0v) is 15.2. The average molecular weight is 463 g/mol. The number of rotatable bonds is 9. The Labute approximate surface area is 147 Å². The van der Waals surface area contributed by atoms with E-state index in [0.717, 1.165) is 5.06 Å². The van der Waals surface area contributed by atoms with Crippen LogP contribution in [0.25, 0.3) is 0 Å². The highest BCUT2D eigenvalue weighted by atomic mass is 127. The van der Waals surface area contributed by atoms with E-state index in [4.69, 9.17) is 9.39 Å². The van der Waals surface area contributed by atoms with Crippen LogP contribution in [-0.4, -0.2) is 70.7 Å². The molecule has 2 N–H and O–H groups in total. The summed E-state index contributed by atoms with van der Waals surface area (Å²) in [5.74, 6) is -1.34. The molecular weight excluding hydrogens is 445 g/mol. The first kappa shape index (κ1) is 20.1. The molecule has 1 rings (SSSR count). The number of halogens is 1. The number of nitrogens with one attached hydrogen (secondary N) is 1. The SMILES string of the molecule is O=C(CI)NCCN(CCC(=O)ON1CCCC1=O)S(=O)(=O)O. The molecule has 1 aliphatic heterocycles. The molecule has 10 nitrogen and oxygen atoms in total. The minimum absolute atomic E-state index is 0.00127. The van der Waals surface area contributed by atoms with Gasteiger partial charge in [-0.2, -0.15) is 17.8 Å². The van der Waals surface area contributed by atoms with E-state index in [-0.39, 0.29) is 42.3 Å². The highest BCUT2D eigenvalue weighted by Gasteiger charge is 2.25. The van der Waals surface area contributed by atoms with E-state index in [1.807, 2.05) is 22.6 Å². The summed E-state index contributed by atoms with van der Waals surface area (Å²) in [6, 6.07) is 0. The van der Waals surface area contributed by atoms with Crippen molar-refractivity contribution in [2.24, 2.45) is 0 Å². The van der Waals surface area contributed by atoms with E-state index in [0.29, 0.717) is 23.7 Å². The normalized spacial score (nSPS) is 15.1. The predicted octanol–water partition coefficient (Wildman–Crippen LogP) is -0.887. The highest BCUT2D eigenvalue weighted by molar-refractivity contribution is 14.1. The Bertz CT molecular complexity index is 554. The summed E-state index contributed by atoms with van der Waals surface area (Å²) in [4.78, 5) is 38.8. The highest BCUT2D eigenvalue weighted by Crippen LogP contribution is 2.11. The largest absolute Gasteiger partial charge is 0.354 e. The van der Waals surface area contributed by atoms with Gasteiger partial charge in [-0.25, -0.2) is 4.79 Å². The van der Waals surface area contributed by atoms with Crippen LogP contribution < -0.4 is 5.32 Å². The van der Waals surface area contributed by atoms with Crippen molar-refractivity contribution in [1.29, 1.82) is 0 Å². The van der Waals surface area contributed by atoms with Crippen LogP contribution in [-0.2, 0) is 29.5 Å². The van der Waals surface area contributed by atoms with E-state index in [9.17, 15) is 22.8 Å². The fraction of sp³-hybridized carbons (Fsp3) is 0.727. The van der Waals surface area contributed by atoms with Crippen molar-refractivity contribution >= 4 is 50.7 Å². The number of hydroxylamine groups is 2. The Hall–Kier alpha value is -0.990. The average Bonchev–Trinajstić information content (AvgIpc) is 2.86. The van der Waals surface area contributed by atoms with E-state index in [1.165, 1.54) is 0 Å². The number of carbonyl (C=O) groups is 3. The van der Waals surface area contributed by atoms with Gasteiger partial charge in [-0.05, 0) is 6.42 Å². The van der Waals surface area contributed by atoms with E-state index in [1.54, 1.807) is 0 Å². The van der Waals surface area contributed by atoms with Gasteiger partial charge in [0, 0.05) is 26.1 Å². The molecule has 12 heteroatoms. The summed E-state index contributed by atoms with van der Waals surface area (Å²) >= 11 is 1.85. The lowest BCUT2D eigenvalue weighted by Gasteiger charge is -2.19. The maximum atomic E-state index is 11.6. The topological polar surface area (TPSA) is 133 Å². The number of nitrogens with zero attached hydrogens (tertiary/aromatic N) is 2. The number of alkyl halides is 1. The van der Waals surface area contributed by atoms with Crippen LogP contribution in [0.1, 0.15) is 19.3 Å². The lowest BCUT2D eigenvalue weighted by Crippen LogP contribution is -2.40. The molecule has 0 unspecified atom stereocenters. The molecule has 1 fully saturated rings. The molecule has 23 heavy (non-hydrogen) atoms. The Morgan fingerprint density at radius 2 is 2.09 bits per heavy atom. The van der Waals surface area contributed by atoms with Gasteiger partial charge in [0.1, 0.15) is 0 Å². The number of hydrogen-bond donors (Lipinski definition) is 2. The van der Waals surface area contributed by atoms with Crippen molar-refractivity contribution in [2.45, 2.75) is 19.3 Å². The second kappa shape index (κ2) is 9.34. The van der Waals surface area contributed by atoms with Crippen LogP contribution in [0, 0.1) is 0 Å². The minimum atomic E-state index is -4.51. The summed E-state index contributed by atoms with van der Waals surface area (Å²) in [6.45, 7) is -0.187. The van der Waals surface area contributed by atoms with Gasteiger partial charge >= 0.3 is 16.3 Å². The van der Waals surface area contributed by atoms with E-state index in [2.05, 4.69) is 5.32 Å². The fourth-order valence-electron chi connectivity index (χ4n) is 1.81. The molecule has 0 spiro atoms. The minimum Gasteiger partial charge on any atom is -0.354 e. The molecule has 1 saturated heterocycles. The van der Waals surface area contributed by atoms with Crippen LogP contribution in [0.15, 0.2) is 0 Å². The molecule has 0 saturated carbocycles. The number of hydrogen-bond acceptors (Lipinski definition) is 6. The van der Waals surface area contributed by atoms with Crippen LogP contribution in [0.2, 0.25) is 0 Å². The second-order valence-corrected chi connectivity index (χ2v) is 6.85. The van der Waals surface area contributed by atoms with Crippen LogP contribution >= 0.6 is 22.6 Å². The number of carbonyl (C=O) groups excluding carboxylic acids is 3. The van der Waals surface area contributed by atoms with Gasteiger partial charge in [0.05, 0.1) is 17.4 Å². The molecule has 0 bridgehead atoms. The molecule has 0 aliphatic carbocycles. The third-order valence-electron chi connectivity index (χ3n) is 2.94. The molecule has 1 aliphatic rings. The molecule has 0 radical (unpaired) electrons. The first-order chi connectivity index (χ1) is 10.7. The van der Waals surface area contributed by atoms with Gasteiger partial charge in [0.2, 0.25) is 5.91 Å². The van der Waals surface area contributed by atoms with Crippen molar-refractivity contribution in [1.82, 2.24) is 14.7 Å².